The summed E-state index contributed by atoms with van der Waals surface area (Å²) in [6, 6.07) is 9.83. The van der Waals surface area contributed by atoms with Crippen molar-refractivity contribution in [3.8, 4) is 0 Å². The Labute approximate surface area is 103 Å². The van der Waals surface area contributed by atoms with Crippen LogP contribution in [0.3, 0.4) is 0 Å². The van der Waals surface area contributed by atoms with Gasteiger partial charge in [0.05, 0.1) is 6.42 Å². The van der Waals surface area contributed by atoms with Crippen molar-refractivity contribution in [1.29, 1.82) is 0 Å². The third-order valence-corrected chi connectivity index (χ3v) is 3.13. The van der Waals surface area contributed by atoms with Gasteiger partial charge in [-0.2, -0.15) is 0 Å². The molecule has 0 aliphatic rings. The monoisotopic (exact) mass is 232 g/mol. The van der Waals surface area contributed by atoms with Crippen molar-refractivity contribution in [2.45, 2.75) is 26.2 Å². The van der Waals surface area contributed by atoms with Crippen LogP contribution < -0.4 is 0 Å². The summed E-state index contributed by atoms with van der Waals surface area (Å²) in [5.41, 5.74) is 1.08. The third-order valence-electron chi connectivity index (χ3n) is 3.13. The molecule has 0 saturated carbocycles. The van der Waals surface area contributed by atoms with Gasteiger partial charge in [0.1, 0.15) is 0 Å². The van der Waals surface area contributed by atoms with Crippen molar-refractivity contribution in [1.82, 2.24) is 0 Å². The van der Waals surface area contributed by atoms with Crippen LogP contribution in [0.25, 0.3) is 0 Å². The molecule has 2 nitrogen and oxygen atoms in total. The van der Waals surface area contributed by atoms with Crippen molar-refractivity contribution in [3.05, 3.63) is 48.6 Å². The van der Waals surface area contributed by atoms with Gasteiger partial charge < -0.3 is 5.11 Å². The normalized spacial score (nSPS) is 14.3. The highest BCUT2D eigenvalue weighted by Crippen LogP contribution is 2.33. The molecule has 0 heterocycles. The summed E-state index contributed by atoms with van der Waals surface area (Å²) in [6.07, 6.45) is 2.03. The number of hydrogen-bond acceptors (Lipinski definition) is 1. The molecule has 0 radical (unpaired) electrons. The van der Waals surface area contributed by atoms with Gasteiger partial charge in [-0.25, -0.2) is 0 Å². The van der Waals surface area contributed by atoms with Gasteiger partial charge in [0.25, 0.3) is 0 Å². The minimum atomic E-state index is -0.758. The zero-order valence-corrected chi connectivity index (χ0v) is 10.5. The van der Waals surface area contributed by atoms with Crippen LogP contribution in [-0.4, -0.2) is 11.1 Å². The standard InChI is InChI=1S/C15H20O2/c1-4-13(11(2)3)14(10-15(16)17)12-8-6-5-7-9-12/h4-9,11,13-14H,1,10H2,2-3H3,(H,16,17). The summed E-state index contributed by atoms with van der Waals surface area (Å²) in [5.74, 6) is -0.178. The summed E-state index contributed by atoms with van der Waals surface area (Å²) in [6.45, 7) is 8.05. The molecule has 1 aromatic rings. The summed E-state index contributed by atoms with van der Waals surface area (Å²) in [4.78, 5) is 11.0. The largest absolute Gasteiger partial charge is 0.481 e. The summed E-state index contributed by atoms with van der Waals surface area (Å²) in [5, 5.41) is 9.04. The highest BCUT2D eigenvalue weighted by atomic mass is 16.4. The maximum Gasteiger partial charge on any atom is 0.303 e. The number of carboxylic acid groups (broad SMARTS) is 1. The van der Waals surface area contributed by atoms with Gasteiger partial charge in [0.15, 0.2) is 0 Å². The SMILES string of the molecule is C=CC(C(C)C)C(CC(=O)O)c1ccccc1. The number of aliphatic carboxylic acids is 1. The van der Waals surface area contributed by atoms with E-state index in [1.54, 1.807) is 0 Å². The van der Waals surface area contributed by atoms with E-state index >= 15 is 0 Å². The van der Waals surface area contributed by atoms with Crippen LogP contribution in [0.5, 0.6) is 0 Å². The number of allylic oxidation sites excluding steroid dienone is 1. The fourth-order valence-corrected chi connectivity index (χ4v) is 2.27. The topological polar surface area (TPSA) is 37.3 Å². The van der Waals surface area contributed by atoms with Gasteiger partial charge in [-0.05, 0) is 17.4 Å². The maximum atomic E-state index is 11.0. The minimum Gasteiger partial charge on any atom is -0.481 e. The molecule has 0 aromatic heterocycles. The first kappa shape index (κ1) is 13.5. The van der Waals surface area contributed by atoms with Gasteiger partial charge in [-0.3, -0.25) is 4.79 Å². The first-order valence-electron chi connectivity index (χ1n) is 5.95. The maximum absolute atomic E-state index is 11.0. The zero-order valence-electron chi connectivity index (χ0n) is 10.5. The smallest absolute Gasteiger partial charge is 0.303 e. The van der Waals surface area contributed by atoms with Crippen LogP contribution in [0.2, 0.25) is 0 Å². The predicted molar refractivity (Wildman–Crippen MR) is 70.0 cm³/mol. The second-order valence-electron chi connectivity index (χ2n) is 4.67. The van der Waals surface area contributed by atoms with Crippen molar-refractivity contribution in [2.24, 2.45) is 11.8 Å². The molecular formula is C15H20O2. The molecule has 0 spiro atoms. The quantitative estimate of drug-likeness (QED) is 0.759. The Morgan fingerprint density at radius 2 is 1.94 bits per heavy atom. The fraction of sp³-hybridized carbons (Fsp3) is 0.400. The number of hydrogen-bond donors (Lipinski definition) is 1. The van der Waals surface area contributed by atoms with Crippen LogP contribution in [0.1, 0.15) is 31.7 Å². The van der Waals surface area contributed by atoms with E-state index in [9.17, 15) is 4.79 Å². The molecule has 92 valence electrons. The lowest BCUT2D eigenvalue weighted by Gasteiger charge is -2.27. The molecule has 2 atom stereocenters. The number of carbonyl (C=O) groups is 1. The lowest BCUT2D eigenvalue weighted by atomic mass is 9.77. The van der Waals surface area contributed by atoms with E-state index in [2.05, 4.69) is 20.4 Å². The van der Waals surface area contributed by atoms with E-state index in [1.807, 2.05) is 36.4 Å². The van der Waals surface area contributed by atoms with Crippen molar-refractivity contribution in [3.63, 3.8) is 0 Å². The van der Waals surface area contributed by atoms with Gasteiger partial charge in [0.2, 0.25) is 0 Å². The molecule has 1 aromatic carbocycles. The summed E-state index contributed by atoms with van der Waals surface area (Å²) >= 11 is 0. The van der Waals surface area contributed by atoms with Crippen molar-refractivity contribution in [2.75, 3.05) is 0 Å². The Kier molecular flexibility index (Phi) is 4.95. The highest BCUT2D eigenvalue weighted by molar-refractivity contribution is 5.68. The number of benzene rings is 1. The Morgan fingerprint density at radius 1 is 1.35 bits per heavy atom. The van der Waals surface area contributed by atoms with E-state index < -0.39 is 5.97 Å². The molecule has 2 unspecified atom stereocenters. The van der Waals surface area contributed by atoms with Crippen LogP contribution in [-0.2, 0) is 4.79 Å². The molecule has 0 amide bonds. The molecule has 1 N–H and O–H groups in total. The second-order valence-corrected chi connectivity index (χ2v) is 4.67. The lowest BCUT2D eigenvalue weighted by Crippen LogP contribution is -2.19. The van der Waals surface area contributed by atoms with E-state index in [0.29, 0.717) is 5.92 Å². The Morgan fingerprint density at radius 3 is 2.35 bits per heavy atom. The lowest BCUT2D eigenvalue weighted by molar-refractivity contribution is -0.137. The molecular weight excluding hydrogens is 212 g/mol. The van der Waals surface area contributed by atoms with Crippen LogP contribution in [0.4, 0.5) is 0 Å². The van der Waals surface area contributed by atoms with Crippen LogP contribution >= 0.6 is 0 Å². The van der Waals surface area contributed by atoms with E-state index in [0.717, 1.165) is 5.56 Å². The molecule has 0 aliphatic carbocycles. The van der Waals surface area contributed by atoms with Gasteiger partial charge in [-0.1, -0.05) is 50.3 Å². The van der Waals surface area contributed by atoms with E-state index in [4.69, 9.17) is 5.11 Å². The van der Waals surface area contributed by atoms with Gasteiger partial charge in [-0.15, -0.1) is 6.58 Å². The van der Waals surface area contributed by atoms with Crippen molar-refractivity contribution < 1.29 is 9.90 Å². The second kappa shape index (κ2) is 6.24. The average molecular weight is 232 g/mol. The highest BCUT2D eigenvalue weighted by Gasteiger charge is 2.25. The first-order valence-corrected chi connectivity index (χ1v) is 5.95. The third kappa shape index (κ3) is 3.74. The average Bonchev–Trinajstić information content (AvgIpc) is 2.29. The molecule has 0 aliphatic heterocycles. The van der Waals surface area contributed by atoms with Crippen LogP contribution in [0.15, 0.2) is 43.0 Å². The Bertz CT molecular complexity index is 368. The van der Waals surface area contributed by atoms with E-state index in [-0.39, 0.29) is 18.3 Å². The Balaban J connectivity index is 3.02. The zero-order chi connectivity index (χ0) is 12.8. The Hall–Kier alpha value is -1.57. The number of rotatable bonds is 6. The fourth-order valence-electron chi connectivity index (χ4n) is 2.27. The molecule has 1 rings (SSSR count). The molecule has 0 fully saturated rings. The van der Waals surface area contributed by atoms with Crippen molar-refractivity contribution >= 4 is 5.97 Å². The summed E-state index contributed by atoms with van der Waals surface area (Å²) < 4.78 is 0. The minimum absolute atomic E-state index is 0.00574. The molecule has 2 heteroatoms. The van der Waals surface area contributed by atoms with Gasteiger partial charge in [0, 0.05) is 5.92 Å². The summed E-state index contributed by atoms with van der Waals surface area (Å²) in [7, 11) is 0. The predicted octanol–water partition coefficient (Wildman–Crippen LogP) is 3.70. The number of carboxylic acids is 1. The molecule has 0 bridgehead atoms. The van der Waals surface area contributed by atoms with Gasteiger partial charge >= 0.3 is 5.97 Å². The first-order chi connectivity index (χ1) is 8.06. The van der Waals surface area contributed by atoms with E-state index in [1.165, 1.54) is 0 Å². The van der Waals surface area contributed by atoms with Crippen LogP contribution in [0, 0.1) is 11.8 Å². The molecule has 0 saturated heterocycles. The molecule has 17 heavy (non-hydrogen) atoms.